The molecule has 0 saturated heterocycles. The van der Waals surface area contributed by atoms with Crippen LogP contribution in [0, 0.1) is 5.92 Å². The monoisotopic (exact) mass is 218 g/mol. The highest BCUT2D eigenvalue weighted by Crippen LogP contribution is 1.99. The zero-order chi connectivity index (χ0) is 11.7. The van der Waals surface area contributed by atoms with Crippen molar-refractivity contribution in [3.05, 3.63) is 0 Å². The van der Waals surface area contributed by atoms with E-state index in [1.54, 1.807) is 6.92 Å². The molecule has 1 atom stereocenters. The standard InChI is InChI=1S/C11H22O4/c1-5-6-13-8-10(4)15-11(12)14-7-9(2)3/h9-10H,5-8H2,1-4H3. The fraction of sp³-hybridized carbons (Fsp3) is 0.909. The van der Waals surface area contributed by atoms with E-state index >= 15 is 0 Å². The Labute approximate surface area is 91.9 Å². The molecular weight excluding hydrogens is 196 g/mol. The molecule has 0 aliphatic heterocycles. The van der Waals surface area contributed by atoms with Crippen molar-refractivity contribution >= 4 is 6.16 Å². The largest absolute Gasteiger partial charge is 0.508 e. The molecule has 0 radical (unpaired) electrons. The first-order valence-electron chi connectivity index (χ1n) is 5.47. The highest BCUT2D eigenvalue weighted by molar-refractivity contribution is 5.60. The van der Waals surface area contributed by atoms with Crippen molar-refractivity contribution < 1.29 is 19.0 Å². The number of hydrogen-bond donors (Lipinski definition) is 0. The maximum absolute atomic E-state index is 11.1. The second kappa shape index (κ2) is 8.53. The van der Waals surface area contributed by atoms with Crippen molar-refractivity contribution in [1.82, 2.24) is 0 Å². The summed E-state index contributed by atoms with van der Waals surface area (Å²) in [4.78, 5) is 11.1. The third-order valence-corrected chi connectivity index (χ3v) is 1.53. The molecule has 0 aromatic carbocycles. The summed E-state index contributed by atoms with van der Waals surface area (Å²) >= 11 is 0. The van der Waals surface area contributed by atoms with E-state index < -0.39 is 6.16 Å². The van der Waals surface area contributed by atoms with Crippen molar-refractivity contribution in [2.75, 3.05) is 19.8 Å². The average Bonchev–Trinajstić information content (AvgIpc) is 2.15. The highest BCUT2D eigenvalue weighted by Gasteiger charge is 2.11. The fourth-order valence-corrected chi connectivity index (χ4v) is 0.861. The van der Waals surface area contributed by atoms with Crippen LogP contribution in [0.4, 0.5) is 4.79 Å². The van der Waals surface area contributed by atoms with Gasteiger partial charge in [-0.15, -0.1) is 0 Å². The van der Waals surface area contributed by atoms with E-state index in [2.05, 4.69) is 0 Å². The first-order valence-corrected chi connectivity index (χ1v) is 5.47. The van der Waals surface area contributed by atoms with E-state index in [4.69, 9.17) is 14.2 Å². The topological polar surface area (TPSA) is 44.8 Å². The molecule has 4 nitrogen and oxygen atoms in total. The third kappa shape index (κ3) is 9.53. The Morgan fingerprint density at radius 1 is 1.20 bits per heavy atom. The lowest BCUT2D eigenvalue weighted by Crippen LogP contribution is -2.22. The van der Waals surface area contributed by atoms with Crippen LogP contribution in [0.15, 0.2) is 0 Å². The van der Waals surface area contributed by atoms with Gasteiger partial charge in [-0.3, -0.25) is 0 Å². The van der Waals surface area contributed by atoms with Gasteiger partial charge in [0.2, 0.25) is 0 Å². The minimum atomic E-state index is -0.615. The predicted molar refractivity (Wildman–Crippen MR) is 57.8 cm³/mol. The minimum Gasteiger partial charge on any atom is -0.434 e. The zero-order valence-corrected chi connectivity index (χ0v) is 10.1. The van der Waals surface area contributed by atoms with E-state index in [0.717, 1.165) is 6.42 Å². The van der Waals surface area contributed by atoms with Crippen LogP contribution < -0.4 is 0 Å². The maximum Gasteiger partial charge on any atom is 0.508 e. The fourth-order valence-electron chi connectivity index (χ4n) is 0.861. The molecule has 0 aliphatic rings. The average molecular weight is 218 g/mol. The Kier molecular flexibility index (Phi) is 8.09. The summed E-state index contributed by atoms with van der Waals surface area (Å²) in [7, 11) is 0. The SMILES string of the molecule is CCCOCC(C)OC(=O)OCC(C)C. The van der Waals surface area contributed by atoms with Gasteiger partial charge in [0.15, 0.2) is 0 Å². The van der Waals surface area contributed by atoms with Crippen LogP contribution in [0.1, 0.15) is 34.1 Å². The van der Waals surface area contributed by atoms with E-state index in [1.807, 2.05) is 20.8 Å². The summed E-state index contributed by atoms with van der Waals surface area (Å²) in [6.45, 7) is 9.26. The molecule has 0 rings (SSSR count). The molecule has 0 aromatic heterocycles. The van der Waals surface area contributed by atoms with Gasteiger partial charge in [0.05, 0.1) is 13.2 Å². The van der Waals surface area contributed by atoms with Gasteiger partial charge >= 0.3 is 6.16 Å². The molecule has 0 heterocycles. The van der Waals surface area contributed by atoms with Crippen LogP contribution in [-0.2, 0) is 14.2 Å². The van der Waals surface area contributed by atoms with Crippen molar-refractivity contribution in [2.24, 2.45) is 5.92 Å². The van der Waals surface area contributed by atoms with Crippen molar-refractivity contribution in [3.8, 4) is 0 Å². The summed E-state index contributed by atoms with van der Waals surface area (Å²) in [5.74, 6) is 0.323. The maximum atomic E-state index is 11.1. The number of hydrogen-bond acceptors (Lipinski definition) is 4. The minimum absolute atomic E-state index is 0.254. The molecule has 0 bridgehead atoms. The van der Waals surface area contributed by atoms with Crippen LogP contribution in [-0.4, -0.2) is 32.1 Å². The van der Waals surface area contributed by atoms with Crippen LogP contribution in [0.3, 0.4) is 0 Å². The van der Waals surface area contributed by atoms with E-state index in [-0.39, 0.29) is 6.10 Å². The number of carbonyl (C=O) groups excluding carboxylic acids is 1. The smallest absolute Gasteiger partial charge is 0.434 e. The lowest BCUT2D eigenvalue weighted by Gasteiger charge is -2.13. The molecular formula is C11H22O4. The Hall–Kier alpha value is -0.770. The molecule has 0 fully saturated rings. The zero-order valence-electron chi connectivity index (χ0n) is 10.1. The number of ether oxygens (including phenoxy) is 3. The molecule has 0 aliphatic carbocycles. The van der Waals surface area contributed by atoms with Gasteiger partial charge in [-0.05, 0) is 19.3 Å². The Morgan fingerprint density at radius 2 is 1.87 bits per heavy atom. The van der Waals surface area contributed by atoms with E-state index in [9.17, 15) is 4.79 Å². The molecule has 0 aromatic rings. The quantitative estimate of drug-likeness (QED) is 0.486. The second-order valence-corrected chi connectivity index (χ2v) is 3.96. The predicted octanol–water partition coefficient (Wildman–Crippen LogP) is 2.61. The molecule has 0 saturated carbocycles. The molecule has 0 amide bonds. The van der Waals surface area contributed by atoms with Crippen LogP contribution in [0.25, 0.3) is 0 Å². The van der Waals surface area contributed by atoms with E-state index in [0.29, 0.717) is 25.7 Å². The number of carbonyl (C=O) groups is 1. The van der Waals surface area contributed by atoms with Gasteiger partial charge in [0, 0.05) is 6.61 Å². The summed E-state index contributed by atoms with van der Waals surface area (Å²) in [6.07, 6.45) is 0.0948. The Balaban J connectivity index is 3.49. The normalized spacial score (nSPS) is 12.6. The Bertz CT molecular complexity index is 168. The van der Waals surface area contributed by atoms with Crippen LogP contribution in [0.2, 0.25) is 0 Å². The molecule has 0 N–H and O–H groups in total. The lowest BCUT2D eigenvalue weighted by molar-refractivity contribution is -0.0122. The molecule has 4 heteroatoms. The lowest BCUT2D eigenvalue weighted by atomic mass is 10.2. The molecule has 1 unspecified atom stereocenters. The van der Waals surface area contributed by atoms with Crippen molar-refractivity contribution in [2.45, 2.75) is 40.2 Å². The van der Waals surface area contributed by atoms with Crippen molar-refractivity contribution in [3.63, 3.8) is 0 Å². The third-order valence-electron chi connectivity index (χ3n) is 1.53. The van der Waals surface area contributed by atoms with Gasteiger partial charge < -0.3 is 14.2 Å². The first-order chi connectivity index (χ1) is 7.06. The first kappa shape index (κ1) is 14.2. The molecule has 90 valence electrons. The second-order valence-electron chi connectivity index (χ2n) is 3.96. The molecule has 15 heavy (non-hydrogen) atoms. The van der Waals surface area contributed by atoms with Gasteiger partial charge in [-0.25, -0.2) is 4.79 Å². The van der Waals surface area contributed by atoms with Crippen molar-refractivity contribution in [1.29, 1.82) is 0 Å². The van der Waals surface area contributed by atoms with Crippen LogP contribution >= 0.6 is 0 Å². The van der Waals surface area contributed by atoms with Crippen LogP contribution in [0.5, 0.6) is 0 Å². The number of rotatable bonds is 7. The van der Waals surface area contributed by atoms with Gasteiger partial charge in [-0.1, -0.05) is 20.8 Å². The van der Waals surface area contributed by atoms with Gasteiger partial charge in [-0.2, -0.15) is 0 Å². The van der Waals surface area contributed by atoms with Gasteiger partial charge in [0.1, 0.15) is 6.10 Å². The highest BCUT2D eigenvalue weighted by atomic mass is 16.7. The molecule has 0 spiro atoms. The summed E-state index contributed by atoms with van der Waals surface area (Å²) < 4.78 is 15.1. The summed E-state index contributed by atoms with van der Waals surface area (Å²) in [5, 5.41) is 0. The Morgan fingerprint density at radius 3 is 2.40 bits per heavy atom. The summed E-state index contributed by atoms with van der Waals surface area (Å²) in [6, 6.07) is 0. The summed E-state index contributed by atoms with van der Waals surface area (Å²) in [5.41, 5.74) is 0. The van der Waals surface area contributed by atoms with Gasteiger partial charge in [0.25, 0.3) is 0 Å². The van der Waals surface area contributed by atoms with E-state index in [1.165, 1.54) is 0 Å².